The first kappa shape index (κ1) is 23.3. The highest BCUT2D eigenvalue weighted by Gasteiger charge is 2.33. The van der Waals surface area contributed by atoms with Gasteiger partial charge in [-0.1, -0.05) is 0 Å². The highest BCUT2D eigenvalue weighted by Crippen LogP contribution is 2.34. The first-order valence-electron chi connectivity index (χ1n) is 8.97. The minimum absolute atomic E-state index is 0.247. The van der Waals surface area contributed by atoms with Crippen LogP contribution in [-0.4, -0.2) is 20.4 Å². The molecule has 0 spiro atoms. The number of hydrogen-bond acceptors (Lipinski definition) is 3. The van der Waals surface area contributed by atoms with E-state index in [-0.39, 0.29) is 11.1 Å². The van der Waals surface area contributed by atoms with E-state index in [2.05, 4.69) is 4.72 Å². The number of aliphatic carboxylic acids is 1. The largest absolute Gasteiger partial charge is 0.598 e. The van der Waals surface area contributed by atoms with E-state index in [1.54, 1.807) is 34.6 Å². The van der Waals surface area contributed by atoms with Crippen LogP contribution in [0.5, 0.6) is 0 Å². The van der Waals surface area contributed by atoms with Crippen molar-refractivity contribution in [3.63, 3.8) is 0 Å². The predicted molar refractivity (Wildman–Crippen MR) is 107 cm³/mol. The number of halogens is 3. The van der Waals surface area contributed by atoms with E-state index < -0.39 is 52.0 Å². The lowest BCUT2D eigenvalue weighted by molar-refractivity contribution is -0.137. The van der Waals surface area contributed by atoms with Crippen molar-refractivity contribution in [1.29, 1.82) is 0 Å². The van der Waals surface area contributed by atoms with Gasteiger partial charge in [0.25, 0.3) is 0 Å². The maximum absolute atomic E-state index is 14.6. The fraction of sp³-hybridized carbons (Fsp3) is 0.381. The summed E-state index contributed by atoms with van der Waals surface area (Å²) >= 11 is -1.71. The van der Waals surface area contributed by atoms with Gasteiger partial charge in [-0.05, 0) is 81.1 Å². The van der Waals surface area contributed by atoms with Crippen LogP contribution in [0.25, 0.3) is 11.1 Å². The Labute approximate surface area is 171 Å². The van der Waals surface area contributed by atoms with Gasteiger partial charge in [-0.3, -0.25) is 4.79 Å². The average molecular weight is 427 g/mol. The Morgan fingerprint density at radius 3 is 2.17 bits per heavy atom. The molecule has 0 aliphatic carbocycles. The van der Waals surface area contributed by atoms with Crippen LogP contribution in [0.4, 0.5) is 13.2 Å². The molecular formula is C21H24F3NO3S. The van der Waals surface area contributed by atoms with Crippen molar-refractivity contribution in [1.82, 2.24) is 4.72 Å². The minimum Gasteiger partial charge on any atom is -0.598 e. The molecule has 2 rings (SSSR count). The second-order valence-electron chi connectivity index (χ2n) is 7.93. The zero-order chi connectivity index (χ0) is 22.1. The summed E-state index contributed by atoms with van der Waals surface area (Å²) in [6, 6.07) is 3.66. The number of benzene rings is 2. The summed E-state index contributed by atoms with van der Waals surface area (Å²) in [5, 5.41) is 9.23. The third kappa shape index (κ3) is 5.52. The van der Waals surface area contributed by atoms with Crippen LogP contribution >= 0.6 is 0 Å². The molecular weight excluding hydrogens is 403 g/mol. The second kappa shape index (κ2) is 8.77. The summed E-state index contributed by atoms with van der Waals surface area (Å²) in [6.07, 6.45) is -0.594. The fourth-order valence-electron chi connectivity index (χ4n) is 3.07. The molecule has 158 valence electrons. The van der Waals surface area contributed by atoms with Gasteiger partial charge < -0.3 is 9.66 Å². The zero-order valence-electron chi connectivity index (χ0n) is 16.9. The molecule has 0 aromatic heterocycles. The Bertz CT molecular complexity index is 905. The minimum atomic E-state index is -1.71. The Morgan fingerprint density at radius 1 is 1.14 bits per heavy atom. The maximum atomic E-state index is 14.6. The molecule has 1 unspecified atom stereocenters. The molecule has 0 amide bonds. The van der Waals surface area contributed by atoms with Gasteiger partial charge in [-0.15, -0.1) is 4.72 Å². The van der Waals surface area contributed by atoms with Crippen LogP contribution in [-0.2, 0) is 16.2 Å². The highest BCUT2D eigenvalue weighted by molar-refractivity contribution is 7.90. The molecule has 0 bridgehead atoms. The number of carboxylic acid groups (broad SMARTS) is 1. The number of hydrogen-bond donors (Lipinski definition) is 2. The Kier molecular flexibility index (Phi) is 7.03. The summed E-state index contributed by atoms with van der Waals surface area (Å²) in [5.74, 6) is -4.08. The monoisotopic (exact) mass is 427 g/mol. The Hall–Kier alpha value is -2.03. The quantitative estimate of drug-likeness (QED) is 0.640. The van der Waals surface area contributed by atoms with Crippen molar-refractivity contribution in [3.05, 3.63) is 58.4 Å². The molecule has 0 aliphatic heterocycles. The van der Waals surface area contributed by atoms with Gasteiger partial charge in [0.05, 0.1) is 12.5 Å². The lowest BCUT2D eigenvalue weighted by atomic mass is 9.92. The summed E-state index contributed by atoms with van der Waals surface area (Å²) in [5.41, 5.74) is 1.62. The van der Waals surface area contributed by atoms with Gasteiger partial charge in [-0.2, -0.15) is 0 Å². The van der Waals surface area contributed by atoms with Crippen molar-refractivity contribution >= 4 is 17.3 Å². The normalized spacial score (nSPS) is 14.0. The molecule has 4 nitrogen and oxygen atoms in total. The Balaban J connectivity index is 2.62. The molecule has 0 aliphatic rings. The van der Waals surface area contributed by atoms with E-state index in [4.69, 9.17) is 0 Å². The molecule has 2 aromatic rings. The molecule has 0 saturated carbocycles. The second-order valence-corrected chi connectivity index (χ2v) is 9.92. The number of rotatable bonds is 6. The van der Waals surface area contributed by atoms with Gasteiger partial charge in [0.1, 0.15) is 10.6 Å². The van der Waals surface area contributed by atoms with Gasteiger partial charge in [0.2, 0.25) is 0 Å². The van der Waals surface area contributed by atoms with E-state index >= 15 is 0 Å². The van der Waals surface area contributed by atoms with Crippen molar-refractivity contribution < 1.29 is 27.6 Å². The number of aryl methyl sites for hydroxylation is 2. The van der Waals surface area contributed by atoms with Crippen molar-refractivity contribution in [2.24, 2.45) is 0 Å². The summed E-state index contributed by atoms with van der Waals surface area (Å²) in [4.78, 5) is 11.3. The third-order valence-electron chi connectivity index (χ3n) is 4.40. The average Bonchev–Trinajstić information content (AvgIpc) is 2.54. The molecule has 29 heavy (non-hydrogen) atoms. The molecule has 0 heterocycles. The lowest BCUT2D eigenvalue weighted by Gasteiger charge is -2.28. The lowest BCUT2D eigenvalue weighted by Crippen LogP contribution is -2.42. The zero-order valence-corrected chi connectivity index (χ0v) is 17.7. The van der Waals surface area contributed by atoms with Crippen LogP contribution in [0, 0.1) is 31.3 Å². The molecule has 0 radical (unpaired) electrons. The Morgan fingerprint density at radius 2 is 1.69 bits per heavy atom. The van der Waals surface area contributed by atoms with E-state index in [1.165, 1.54) is 18.2 Å². The standard InChI is InChI=1S/C21H24F3NO3S/c1-11-6-14(22)7-12(2)19(11)13-8-15(20(24)16(23)9-13)17(10-18(26)27)25-29(28)21(3,4)5/h6-9,17,25H,10H2,1-5H3,(H,26,27)/t17?,29-/m1/s1. The molecule has 2 N–H and O–H groups in total. The van der Waals surface area contributed by atoms with Crippen molar-refractivity contribution in [2.75, 3.05) is 0 Å². The fourth-order valence-corrected chi connectivity index (χ4v) is 3.89. The third-order valence-corrected chi connectivity index (χ3v) is 6.01. The SMILES string of the molecule is Cc1cc(F)cc(C)c1-c1cc(F)c(F)c(C(CC(=O)O)N[S@+]([O-])C(C)(C)C)c1. The van der Waals surface area contributed by atoms with Crippen LogP contribution < -0.4 is 4.72 Å². The van der Waals surface area contributed by atoms with E-state index in [0.717, 1.165) is 6.07 Å². The predicted octanol–water partition coefficient (Wildman–Crippen LogP) is 4.96. The number of nitrogens with one attached hydrogen (secondary N) is 1. The summed E-state index contributed by atoms with van der Waals surface area (Å²) in [7, 11) is 0. The first-order valence-corrected chi connectivity index (χ1v) is 10.1. The van der Waals surface area contributed by atoms with Gasteiger partial charge in [-0.25, -0.2) is 13.2 Å². The molecule has 2 aromatic carbocycles. The molecule has 0 fully saturated rings. The summed E-state index contributed by atoms with van der Waals surface area (Å²) in [6.45, 7) is 8.31. The van der Waals surface area contributed by atoms with Crippen LogP contribution in [0.2, 0.25) is 0 Å². The van der Waals surface area contributed by atoms with Crippen molar-refractivity contribution in [2.45, 2.75) is 51.8 Å². The van der Waals surface area contributed by atoms with E-state index in [9.17, 15) is 27.6 Å². The van der Waals surface area contributed by atoms with Crippen molar-refractivity contribution in [3.8, 4) is 11.1 Å². The van der Waals surface area contributed by atoms with Crippen LogP contribution in [0.15, 0.2) is 24.3 Å². The smallest absolute Gasteiger partial charge is 0.305 e. The maximum Gasteiger partial charge on any atom is 0.305 e. The first-order chi connectivity index (χ1) is 13.3. The topological polar surface area (TPSA) is 72.4 Å². The van der Waals surface area contributed by atoms with Gasteiger partial charge in [0.15, 0.2) is 11.6 Å². The highest BCUT2D eigenvalue weighted by atomic mass is 32.2. The molecule has 8 heteroatoms. The molecule has 2 atom stereocenters. The number of carboxylic acids is 1. The van der Waals surface area contributed by atoms with Gasteiger partial charge >= 0.3 is 5.97 Å². The van der Waals surface area contributed by atoms with Crippen LogP contribution in [0.3, 0.4) is 0 Å². The summed E-state index contributed by atoms with van der Waals surface area (Å²) < 4.78 is 57.1. The van der Waals surface area contributed by atoms with Gasteiger partial charge in [0, 0.05) is 16.9 Å². The van der Waals surface area contributed by atoms with E-state index in [1.807, 2.05) is 0 Å². The molecule has 0 saturated heterocycles. The number of carbonyl (C=O) groups is 1. The van der Waals surface area contributed by atoms with E-state index in [0.29, 0.717) is 16.7 Å². The van der Waals surface area contributed by atoms with Crippen LogP contribution in [0.1, 0.15) is 49.9 Å².